The zero-order valence-corrected chi connectivity index (χ0v) is 12.2. The van der Waals surface area contributed by atoms with E-state index in [4.69, 9.17) is 18.0 Å². The summed E-state index contributed by atoms with van der Waals surface area (Å²) >= 11 is 0. The van der Waals surface area contributed by atoms with Gasteiger partial charge in [0.15, 0.2) is 0 Å². The van der Waals surface area contributed by atoms with Crippen LogP contribution in [0.2, 0.25) is 6.04 Å². The molecule has 0 radical (unpaired) electrons. The lowest BCUT2D eigenvalue weighted by molar-refractivity contribution is -0.139. The van der Waals surface area contributed by atoms with Gasteiger partial charge in [-0.05, 0) is 20.3 Å². The Kier molecular flexibility index (Phi) is 8.06. The molecule has 100 valence electrons. The smallest absolute Gasteiger partial charge is 0.462 e. The van der Waals surface area contributed by atoms with E-state index in [0.29, 0.717) is 24.6 Å². The SMILES string of the molecule is CC=C(C)C(=O)OCCC[Si](OC)(OC)OC. The largest absolute Gasteiger partial charge is 0.500 e. The minimum Gasteiger partial charge on any atom is -0.462 e. The Morgan fingerprint density at radius 3 is 2.12 bits per heavy atom. The predicted octanol–water partition coefficient (Wildman–Crippen LogP) is 1.76. The average Bonchev–Trinajstić information content (AvgIpc) is 2.38. The van der Waals surface area contributed by atoms with E-state index in [1.165, 1.54) is 0 Å². The lowest BCUT2D eigenvalue weighted by Gasteiger charge is -2.24. The lowest BCUT2D eigenvalue weighted by atomic mass is 10.3. The van der Waals surface area contributed by atoms with Gasteiger partial charge in [0.1, 0.15) is 0 Å². The third-order valence-electron chi connectivity index (χ3n) is 2.55. The second-order valence-electron chi connectivity index (χ2n) is 3.51. The van der Waals surface area contributed by atoms with Gasteiger partial charge >= 0.3 is 14.8 Å². The summed E-state index contributed by atoms with van der Waals surface area (Å²) in [6, 6.07) is 0.624. The second kappa shape index (κ2) is 8.41. The van der Waals surface area contributed by atoms with Crippen LogP contribution in [0.5, 0.6) is 0 Å². The normalized spacial score (nSPS) is 12.6. The third-order valence-corrected chi connectivity index (χ3v) is 5.38. The fourth-order valence-electron chi connectivity index (χ4n) is 1.24. The molecule has 17 heavy (non-hydrogen) atoms. The molecule has 0 aliphatic heterocycles. The number of esters is 1. The molecule has 0 atom stereocenters. The molecule has 0 saturated heterocycles. The van der Waals surface area contributed by atoms with Crippen LogP contribution in [0.15, 0.2) is 11.6 Å². The zero-order valence-electron chi connectivity index (χ0n) is 11.2. The minimum atomic E-state index is -2.53. The summed E-state index contributed by atoms with van der Waals surface area (Å²) in [6.45, 7) is 3.87. The van der Waals surface area contributed by atoms with Crippen LogP contribution in [0.25, 0.3) is 0 Å². The standard InChI is InChI=1S/C11H22O5Si/c1-6-10(2)11(12)16-8-7-9-17(13-3,14-4)15-5/h6H,7-9H2,1-5H3. The van der Waals surface area contributed by atoms with E-state index < -0.39 is 8.80 Å². The molecule has 0 amide bonds. The van der Waals surface area contributed by atoms with Crippen molar-refractivity contribution in [3.05, 3.63) is 11.6 Å². The summed E-state index contributed by atoms with van der Waals surface area (Å²) < 4.78 is 20.8. The lowest BCUT2D eigenvalue weighted by Crippen LogP contribution is -2.42. The summed E-state index contributed by atoms with van der Waals surface area (Å²) in [6.07, 6.45) is 2.38. The second-order valence-corrected chi connectivity index (χ2v) is 6.60. The number of ether oxygens (including phenoxy) is 1. The molecule has 0 aromatic rings. The van der Waals surface area contributed by atoms with Crippen LogP contribution in [-0.4, -0.2) is 42.7 Å². The van der Waals surface area contributed by atoms with Crippen LogP contribution in [0.3, 0.4) is 0 Å². The highest BCUT2D eigenvalue weighted by atomic mass is 28.4. The molecule has 0 aromatic heterocycles. The summed E-state index contributed by atoms with van der Waals surface area (Å²) in [5.74, 6) is -0.285. The Morgan fingerprint density at radius 2 is 1.71 bits per heavy atom. The van der Waals surface area contributed by atoms with Crippen molar-refractivity contribution in [2.75, 3.05) is 27.9 Å². The number of carbonyl (C=O) groups is 1. The highest BCUT2D eigenvalue weighted by Crippen LogP contribution is 2.15. The van der Waals surface area contributed by atoms with Gasteiger partial charge < -0.3 is 18.0 Å². The maximum Gasteiger partial charge on any atom is 0.500 e. The van der Waals surface area contributed by atoms with Crippen molar-refractivity contribution in [2.45, 2.75) is 26.3 Å². The summed E-state index contributed by atoms with van der Waals surface area (Å²) in [7, 11) is 2.16. The van der Waals surface area contributed by atoms with Crippen molar-refractivity contribution in [1.29, 1.82) is 0 Å². The van der Waals surface area contributed by atoms with E-state index in [1.54, 1.807) is 41.3 Å². The van der Waals surface area contributed by atoms with Gasteiger partial charge in [-0.3, -0.25) is 0 Å². The molecule has 6 heteroatoms. The van der Waals surface area contributed by atoms with Crippen LogP contribution in [0.4, 0.5) is 0 Å². The number of allylic oxidation sites excluding steroid dienone is 1. The Bertz CT molecular complexity index is 252. The summed E-state index contributed by atoms with van der Waals surface area (Å²) in [5.41, 5.74) is 0.610. The Labute approximate surface area is 104 Å². The van der Waals surface area contributed by atoms with Crippen LogP contribution < -0.4 is 0 Å². The van der Waals surface area contributed by atoms with E-state index in [2.05, 4.69) is 0 Å². The topological polar surface area (TPSA) is 54.0 Å². The first kappa shape index (κ1) is 16.3. The number of carbonyl (C=O) groups excluding carboxylic acids is 1. The predicted molar refractivity (Wildman–Crippen MR) is 66.6 cm³/mol. The van der Waals surface area contributed by atoms with E-state index in [1.807, 2.05) is 0 Å². The van der Waals surface area contributed by atoms with Crippen molar-refractivity contribution in [2.24, 2.45) is 0 Å². The number of hydrogen-bond acceptors (Lipinski definition) is 5. The quantitative estimate of drug-likeness (QED) is 0.289. The Hall–Kier alpha value is -0.693. The zero-order chi connectivity index (χ0) is 13.3. The van der Waals surface area contributed by atoms with Gasteiger partial charge in [0.2, 0.25) is 0 Å². The highest BCUT2D eigenvalue weighted by Gasteiger charge is 2.36. The van der Waals surface area contributed by atoms with Crippen molar-refractivity contribution < 1.29 is 22.8 Å². The molecule has 0 fully saturated rings. The first-order valence-electron chi connectivity index (χ1n) is 5.50. The molecule has 0 bridgehead atoms. The fourth-order valence-corrected chi connectivity index (χ4v) is 2.93. The molecule has 0 aliphatic carbocycles. The summed E-state index contributed by atoms with van der Waals surface area (Å²) in [5, 5.41) is 0. The van der Waals surface area contributed by atoms with Gasteiger partial charge in [-0.15, -0.1) is 0 Å². The average molecular weight is 262 g/mol. The molecular formula is C11H22O5Si. The molecule has 0 aliphatic rings. The Balaban J connectivity index is 3.95. The van der Waals surface area contributed by atoms with E-state index in [9.17, 15) is 4.79 Å². The maximum atomic E-state index is 11.3. The molecule has 5 nitrogen and oxygen atoms in total. The minimum absolute atomic E-state index is 0.285. The molecule has 0 aromatic carbocycles. The fraction of sp³-hybridized carbons (Fsp3) is 0.727. The van der Waals surface area contributed by atoms with Crippen molar-refractivity contribution >= 4 is 14.8 Å². The van der Waals surface area contributed by atoms with Crippen molar-refractivity contribution in [1.82, 2.24) is 0 Å². The van der Waals surface area contributed by atoms with Crippen LogP contribution in [0.1, 0.15) is 20.3 Å². The van der Waals surface area contributed by atoms with Gasteiger partial charge in [0.05, 0.1) is 6.61 Å². The maximum absolute atomic E-state index is 11.3. The number of hydrogen-bond donors (Lipinski definition) is 0. The molecule has 0 saturated carbocycles. The van der Waals surface area contributed by atoms with Gasteiger partial charge in [0.25, 0.3) is 0 Å². The molecule has 0 rings (SSSR count). The van der Waals surface area contributed by atoms with Crippen LogP contribution >= 0.6 is 0 Å². The van der Waals surface area contributed by atoms with Gasteiger partial charge in [-0.1, -0.05) is 6.08 Å². The van der Waals surface area contributed by atoms with Crippen molar-refractivity contribution in [3.8, 4) is 0 Å². The Morgan fingerprint density at radius 1 is 1.18 bits per heavy atom. The van der Waals surface area contributed by atoms with E-state index >= 15 is 0 Å². The molecule has 0 spiro atoms. The monoisotopic (exact) mass is 262 g/mol. The van der Waals surface area contributed by atoms with Crippen LogP contribution in [-0.2, 0) is 22.8 Å². The van der Waals surface area contributed by atoms with Gasteiger partial charge in [-0.25, -0.2) is 4.79 Å². The first-order valence-corrected chi connectivity index (χ1v) is 7.44. The third kappa shape index (κ3) is 5.45. The first-order chi connectivity index (χ1) is 8.05. The number of rotatable bonds is 8. The summed E-state index contributed by atoms with van der Waals surface area (Å²) in [4.78, 5) is 11.3. The van der Waals surface area contributed by atoms with Gasteiger partial charge in [-0.2, -0.15) is 0 Å². The van der Waals surface area contributed by atoms with Crippen molar-refractivity contribution in [3.63, 3.8) is 0 Å². The highest BCUT2D eigenvalue weighted by molar-refractivity contribution is 6.60. The molecule has 0 N–H and O–H groups in total. The van der Waals surface area contributed by atoms with E-state index in [-0.39, 0.29) is 5.97 Å². The molecule has 0 unspecified atom stereocenters. The molecular weight excluding hydrogens is 240 g/mol. The van der Waals surface area contributed by atoms with E-state index in [0.717, 1.165) is 0 Å². The molecule has 0 heterocycles. The van der Waals surface area contributed by atoms with Gasteiger partial charge in [0, 0.05) is 32.9 Å². The van der Waals surface area contributed by atoms with Crippen LogP contribution in [0, 0.1) is 0 Å².